The number of nitro benzene ring substituents is 1. The van der Waals surface area contributed by atoms with E-state index in [9.17, 15) is 10.1 Å². The van der Waals surface area contributed by atoms with Crippen LogP contribution in [0, 0.1) is 24.0 Å². The number of aryl methyl sites for hydroxylation is 2. The maximum absolute atomic E-state index is 10.9. The normalized spacial score (nSPS) is 10.3. The van der Waals surface area contributed by atoms with Crippen molar-refractivity contribution in [1.82, 2.24) is 4.98 Å². The van der Waals surface area contributed by atoms with Gasteiger partial charge < -0.3 is 5.32 Å². The van der Waals surface area contributed by atoms with Crippen molar-refractivity contribution in [3.05, 3.63) is 62.4 Å². The van der Waals surface area contributed by atoms with E-state index in [0.717, 1.165) is 16.8 Å². The van der Waals surface area contributed by atoms with Crippen molar-refractivity contribution in [2.45, 2.75) is 20.4 Å². The molecule has 0 atom stereocenters. The average Bonchev–Trinajstić information content (AvgIpc) is 2.41. The third kappa shape index (κ3) is 3.24. The molecule has 1 heterocycles. The Kier molecular flexibility index (Phi) is 4.20. The van der Waals surface area contributed by atoms with E-state index in [4.69, 9.17) is 11.6 Å². The fraction of sp³-hybridized carbons (Fsp3) is 0.214. The van der Waals surface area contributed by atoms with Crippen LogP contribution in [0.5, 0.6) is 0 Å². The fourth-order valence-electron chi connectivity index (χ4n) is 1.82. The molecule has 2 aromatic rings. The molecule has 0 radical (unpaired) electrons. The Balaban J connectivity index is 2.12. The SMILES string of the molecule is Cc1ccc(CNc2cnc(Cl)c(C)c2)cc1[N+](=O)[O-]. The van der Waals surface area contributed by atoms with Crippen LogP contribution in [-0.2, 0) is 6.54 Å². The van der Waals surface area contributed by atoms with Gasteiger partial charge in [-0.25, -0.2) is 4.98 Å². The van der Waals surface area contributed by atoms with E-state index in [1.54, 1.807) is 25.3 Å². The molecule has 0 aliphatic heterocycles. The van der Waals surface area contributed by atoms with Gasteiger partial charge in [0.25, 0.3) is 5.69 Å². The maximum atomic E-state index is 10.9. The summed E-state index contributed by atoms with van der Waals surface area (Å²) in [5.41, 5.74) is 3.34. The molecule has 0 unspecified atom stereocenters. The smallest absolute Gasteiger partial charge is 0.272 e. The molecule has 0 saturated heterocycles. The Hall–Kier alpha value is -2.14. The highest BCUT2D eigenvalue weighted by Gasteiger charge is 2.10. The highest BCUT2D eigenvalue weighted by Crippen LogP contribution is 2.21. The van der Waals surface area contributed by atoms with Crippen LogP contribution in [0.3, 0.4) is 0 Å². The summed E-state index contributed by atoms with van der Waals surface area (Å²) in [6.07, 6.45) is 1.64. The van der Waals surface area contributed by atoms with E-state index in [2.05, 4.69) is 10.3 Å². The third-order valence-electron chi connectivity index (χ3n) is 2.98. The second-order valence-corrected chi connectivity index (χ2v) is 4.92. The van der Waals surface area contributed by atoms with Crippen LogP contribution in [0.2, 0.25) is 5.15 Å². The van der Waals surface area contributed by atoms with Gasteiger partial charge in [0, 0.05) is 18.2 Å². The second-order valence-electron chi connectivity index (χ2n) is 4.56. The first-order valence-corrected chi connectivity index (χ1v) is 6.45. The zero-order valence-corrected chi connectivity index (χ0v) is 11.9. The summed E-state index contributed by atoms with van der Waals surface area (Å²) in [5.74, 6) is 0. The number of hydrogen-bond acceptors (Lipinski definition) is 4. The highest BCUT2D eigenvalue weighted by molar-refractivity contribution is 6.30. The van der Waals surface area contributed by atoms with Gasteiger partial charge in [0.15, 0.2) is 0 Å². The lowest BCUT2D eigenvalue weighted by Crippen LogP contribution is -2.02. The standard InChI is InChI=1S/C14H14ClN3O2/c1-9-3-4-11(6-13(9)18(19)20)7-16-12-5-10(2)14(15)17-8-12/h3-6,8,16H,7H2,1-2H3. The predicted octanol–water partition coefficient (Wildman–Crippen LogP) is 3.87. The zero-order chi connectivity index (χ0) is 14.7. The number of aromatic nitrogens is 1. The Morgan fingerprint density at radius 1 is 1.30 bits per heavy atom. The molecule has 0 amide bonds. The summed E-state index contributed by atoms with van der Waals surface area (Å²) in [7, 11) is 0. The molecule has 1 aromatic carbocycles. The number of pyridine rings is 1. The Labute approximate surface area is 121 Å². The van der Waals surface area contributed by atoms with Gasteiger partial charge >= 0.3 is 0 Å². The molecular weight excluding hydrogens is 278 g/mol. The number of benzene rings is 1. The number of hydrogen-bond donors (Lipinski definition) is 1. The van der Waals surface area contributed by atoms with E-state index in [1.165, 1.54) is 0 Å². The van der Waals surface area contributed by atoms with Gasteiger partial charge in [-0.05, 0) is 31.0 Å². The number of nitro groups is 1. The highest BCUT2D eigenvalue weighted by atomic mass is 35.5. The molecule has 6 heteroatoms. The predicted molar refractivity (Wildman–Crippen MR) is 79.1 cm³/mol. The number of rotatable bonds is 4. The van der Waals surface area contributed by atoms with Crippen LogP contribution in [0.1, 0.15) is 16.7 Å². The molecule has 20 heavy (non-hydrogen) atoms. The van der Waals surface area contributed by atoms with Gasteiger partial charge in [0.1, 0.15) is 5.15 Å². The van der Waals surface area contributed by atoms with Gasteiger partial charge in [0.05, 0.1) is 16.8 Å². The van der Waals surface area contributed by atoms with Crippen LogP contribution in [0.15, 0.2) is 30.5 Å². The largest absolute Gasteiger partial charge is 0.380 e. The summed E-state index contributed by atoms with van der Waals surface area (Å²) in [6, 6.07) is 7.09. The summed E-state index contributed by atoms with van der Waals surface area (Å²) in [6.45, 7) is 4.09. The average molecular weight is 292 g/mol. The molecule has 1 aromatic heterocycles. The molecular formula is C14H14ClN3O2. The Morgan fingerprint density at radius 2 is 2.05 bits per heavy atom. The van der Waals surface area contributed by atoms with E-state index in [0.29, 0.717) is 17.3 Å². The van der Waals surface area contributed by atoms with Crippen molar-refractivity contribution in [3.63, 3.8) is 0 Å². The first kappa shape index (κ1) is 14.3. The van der Waals surface area contributed by atoms with Crippen LogP contribution in [0.4, 0.5) is 11.4 Å². The molecule has 0 bridgehead atoms. The Bertz CT molecular complexity index is 659. The lowest BCUT2D eigenvalue weighted by atomic mass is 10.1. The van der Waals surface area contributed by atoms with Crippen LogP contribution < -0.4 is 5.32 Å². The van der Waals surface area contributed by atoms with Crippen LogP contribution in [0.25, 0.3) is 0 Å². The van der Waals surface area contributed by atoms with E-state index < -0.39 is 0 Å². The molecule has 0 saturated carbocycles. The van der Waals surface area contributed by atoms with E-state index >= 15 is 0 Å². The summed E-state index contributed by atoms with van der Waals surface area (Å²) in [5, 5.41) is 14.5. The molecule has 0 fully saturated rings. The molecule has 0 aliphatic carbocycles. The van der Waals surface area contributed by atoms with Crippen molar-refractivity contribution in [3.8, 4) is 0 Å². The molecule has 2 rings (SSSR count). The fourth-order valence-corrected chi connectivity index (χ4v) is 1.92. The molecule has 5 nitrogen and oxygen atoms in total. The summed E-state index contributed by atoms with van der Waals surface area (Å²) >= 11 is 5.86. The first-order valence-electron chi connectivity index (χ1n) is 6.07. The lowest BCUT2D eigenvalue weighted by Gasteiger charge is -2.08. The molecule has 104 valence electrons. The van der Waals surface area contributed by atoms with E-state index in [-0.39, 0.29) is 10.6 Å². The Morgan fingerprint density at radius 3 is 2.70 bits per heavy atom. The maximum Gasteiger partial charge on any atom is 0.272 e. The number of nitrogens with one attached hydrogen (secondary N) is 1. The van der Waals surface area contributed by atoms with Gasteiger partial charge in [-0.3, -0.25) is 10.1 Å². The van der Waals surface area contributed by atoms with Gasteiger partial charge in [-0.1, -0.05) is 23.7 Å². The zero-order valence-electron chi connectivity index (χ0n) is 11.2. The lowest BCUT2D eigenvalue weighted by molar-refractivity contribution is -0.385. The van der Waals surface area contributed by atoms with Crippen LogP contribution >= 0.6 is 11.6 Å². The van der Waals surface area contributed by atoms with Crippen LogP contribution in [-0.4, -0.2) is 9.91 Å². The molecule has 0 aliphatic rings. The minimum atomic E-state index is -0.368. The van der Waals surface area contributed by atoms with Crippen molar-refractivity contribution in [2.75, 3.05) is 5.32 Å². The van der Waals surface area contributed by atoms with Gasteiger partial charge in [-0.15, -0.1) is 0 Å². The molecule has 0 spiro atoms. The third-order valence-corrected chi connectivity index (χ3v) is 3.38. The summed E-state index contributed by atoms with van der Waals surface area (Å²) in [4.78, 5) is 14.6. The van der Waals surface area contributed by atoms with Crippen molar-refractivity contribution in [1.29, 1.82) is 0 Å². The van der Waals surface area contributed by atoms with E-state index in [1.807, 2.05) is 19.1 Å². The monoisotopic (exact) mass is 291 g/mol. The number of anilines is 1. The van der Waals surface area contributed by atoms with Gasteiger partial charge in [-0.2, -0.15) is 0 Å². The number of halogens is 1. The minimum Gasteiger partial charge on any atom is -0.380 e. The van der Waals surface area contributed by atoms with Crippen molar-refractivity contribution < 1.29 is 4.92 Å². The first-order chi connectivity index (χ1) is 9.47. The van der Waals surface area contributed by atoms with Gasteiger partial charge in [0.2, 0.25) is 0 Å². The quantitative estimate of drug-likeness (QED) is 0.527. The molecule has 1 N–H and O–H groups in total. The van der Waals surface area contributed by atoms with Crippen molar-refractivity contribution in [2.24, 2.45) is 0 Å². The summed E-state index contributed by atoms with van der Waals surface area (Å²) < 4.78 is 0. The second kappa shape index (κ2) is 5.88. The topological polar surface area (TPSA) is 68.1 Å². The number of nitrogens with zero attached hydrogens (tertiary/aromatic N) is 2. The van der Waals surface area contributed by atoms with Crippen molar-refractivity contribution >= 4 is 23.0 Å². The minimum absolute atomic E-state index is 0.134.